The molecule has 0 spiro atoms. The first-order valence-corrected chi connectivity index (χ1v) is 4.71. The van der Waals surface area contributed by atoms with Gasteiger partial charge in [0.2, 0.25) is 0 Å². The Bertz CT molecular complexity index is 398. The summed E-state index contributed by atoms with van der Waals surface area (Å²) in [5.41, 5.74) is 0.847. The number of methoxy groups -OCH3 is 2. The molecule has 0 saturated heterocycles. The monoisotopic (exact) mass is 222 g/mol. The first-order valence-electron chi connectivity index (χ1n) is 4.71. The Balaban J connectivity index is 3.20. The van der Waals surface area contributed by atoms with Crippen LogP contribution in [0.4, 0.5) is 0 Å². The molecule has 1 atom stereocenters. The van der Waals surface area contributed by atoms with Crippen molar-refractivity contribution in [2.24, 2.45) is 0 Å². The van der Waals surface area contributed by atoms with Crippen molar-refractivity contribution in [1.29, 1.82) is 0 Å². The van der Waals surface area contributed by atoms with Crippen LogP contribution in [-0.2, 0) is 4.74 Å². The van der Waals surface area contributed by atoms with Crippen molar-refractivity contribution < 1.29 is 19.4 Å². The van der Waals surface area contributed by atoms with E-state index in [1.54, 1.807) is 12.1 Å². The summed E-state index contributed by atoms with van der Waals surface area (Å²) in [5.74, 6) is 0.0419. The number of carbonyl (C=O) groups excluding carboxylic acids is 1. The number of benzene rings is 1. The number of hydrogen-bond acceptors (Lipinski definition) is 4. The van der Waals surface area contributed by atoms with Crippen LogP contribution in [-0.4, -0.2) is 25.3 Å². The highest BCUT2D eigenvalue weighted by Crippen LogP contribution is 2.27. The summed E-state index contributed by atoms with van der Waals surface area (Å²) < 4.78 is 9.67. The Kier molecular flexibility index (Phi) is 4.08. The molecule has 0 bridgehead atoms. The van der Waals surface area contributed by atoms with Crippen LogP contribution in [0.3, 0.4) is 0 Å². The lowest BCUT2D eigenvalue weighted by molar-refractivity contribution is 0.0600. The largest absolute Gasteiger partial charge is 0.496 e. The summed E-state index contributed by atoms with van der Waals surface area (Å²) in [4.78, 5) is 11.3. The molecule has 0 amide bonds. The lowest BCUT2D eigenvalue weighted by Crippen LogP contribution is -2.04. The third-order valence-corrected chi connectivity index (χ3v) is 2.19. The normalized spacial score (nSPS) is 11.7. The Labute approximate surface area is 94.1 Å². The van der Waals surface area contributed by atoms with Gasteiger partial charge in [-0.05, 0) is 18.2 Å². The minimum absolute atomic E-state index is 0.360. The summed E-state index contributed by atoms with van der Waals surface area (Å²) in [7, 11) is 2.79. The molecule has 0 saturated carbocycles. The SMILES string of the molecule is C=CC(O)c1cc(C(=O)OC)ccc1OC. The fourth-order valence-corrected chi connectivity index (χ4v) is 1.34. The Hall–Kier alpha value is -1.81. The molecule has 4 nitrogen and oxygen atoms in total. The minimum Gasteiger partial charge on any atom is -0.496 e. The van der Waals surface area contributed by atoms with E-state index in [1.807, 2.05) is 0 Å². The van der Waals surface area contributed by atoms with Gasteiger partial charge in [0.25, 0.3) is 0 Å². The number of rotatable bonds is 4. The molecule has 1 unspecified atom stereocenters. The Morgan fingerprint density at radius 1 is 1.50 bits per heavy atom. The molecular formula is C12H14O4. The van der Waals surface area contributed by atoms with Crippen molar-refractivity contribution in [3.05, 3.63) is 42.0 Å². The maximum absolute atomic E-state index is 11.3. The van der Waals surface area contributed by atoms with E-state index in [-0.39, 0.29) is 0 Å². The average molecular weight is 222 g/mol. The molecule has 0 heterocycles. The second kappa shape index (κ2) is 5.32. The van der Waals surface area contributed by atoms with Crippen molar-refractivity contribution in [2.75, 3.05) is 14.2 Å². The van der Waals surface area contributed by atoms with Crippen molar-refractivity contribution >= 4 is 5.97 Å². The molecule has 86 valence electrons. The number of carbonyl (C=O) groups is 1. The van der Waals surface area contributed by atoms with Crippen LogP contribution in [0.5, 0.6) is 5.75 Å². The van der Waals surface area contributed by atoms with Gasteiger partial charge in [-0.15, -0.1) is 6.58 Å². The highest BCUT2D eigenvalue weighted by Gasteiger charge is 2.14. The number of ether oxygens (including phenoxy) is 2. The predicted octanol–water partition coefficient (Wildman–Crippen LogP) is 1.70. The fraction of sp³-hybridized carbons (Fsp3) is 0.250. The lowest BCUT2D eigenvalue weighted by atomic mass is 10.0. The van der Waals surface area contributed by atoms with Gasteiger partial charge in [-0.2, -0.15) is 0 Å². The van der Waals surface area contributed by atoms with Gasteiger partial charge >= 0.3 is 5.97 Å². The number of aliphatic hydroxyl groups excluding tert-OH is 1. The van der Waals surface area contributed by atoms with Gasteiger partial charge in [-0.25, -0.2) is 4.79 Å². The van der Waals surface area contributed by atoms with Crippen LogP contribution in [0, 0.1) is 0 Å². The van der Waals surface area contributed by atoms with E-state index >= 15 is 0 Å². The summed E-state index contributed by atoms with van der Waals surface area (Å²) in [6.45, 7) is 3.49. The summed E-state index contributed by atoms with van der Waals surface area (Å²) in [6.07, 6.45) is 0.485. The summed E-state index contributed by atoms with van der Waals surface area (Å²) in [6, 6.07) is 4.70. The molecule has 4 heteroatoms. The number of hydrogen-bond donors (Lipinski definition) is 1. The van der Waals surface area contributed by atoms with Crippen LogP contribution in [0.15, 0.2) is 30.9 Å². The molecular weight excluding hydrogens is 208 g/mol. The van der Waals surface area contributed by atoms with E-state index < -0.39 is 12.1 Å². The third-order valence-electron chi connectivity index (χ3n) is 2.19. The maximum Gasteiger partial charge on any atom is 0.337 e. The predicted molar refractivity (Wildman–Crippen MR) is 59.5 cm³/mol. The van der Waals surface area contributed by atoms with E-state index in [9.17, 15) is 9.90 Å². The molecule has 1 aromatic rings. The highest BCUT2D eigenvalue weighted by atomic mass is 16.5. The van der Waals surface area contributed by atoms with E-state index in [2.05, 4.69) is 11.3 Å². The smallest absolute Gasteiger partial charge is 0.337 e. The van der Waals surface area contributed by atoms with E-state index in [0.29, 0.717) is 16.9 Å². The van der Waals surface area contributed by atoms with Crippen molar-refractivity contribution in [3.63, 3.8) is 0 Å². The molecule has 0 aromatic heterocycles. The van der Waals surface area contributed by atoms with Gasteiger partial charge in [0.1, 0.15) is 11.9 Å². The molecule has 0 radical (unpaired) electrons. The summed E-state index contributed by atoms with van der Waals surface area (Å²) >= 11 is 0. The number of aliphatic hydroxyl groups is 1. The van der Waals surface area contributed by atoms with Gasteiger partial charge in [0.05, 0.1) is 19.8 Å². The van der Waals surface area contributed by atoms with E-state index in [1.165, 1.54) is 26.4 Å². The third kappa shape index (κ3) is 2.41. The zero-order valence-electron chi connectivity index (χ0n) is 9.27. The zero-order valence-corrected chi connectivity index (χ0v) is 9.27. The van der Waals surface area contributed by atoms with Crippen LogP contribution >= 0.6 is 0 Å². The molecule has 0 fully saturated rings. The second-order valence-corrected chi connectivity index (χ2v) is 3.13. The fourth-order valence-electron chi connectivity index (χ4n) is 1.34. The quantitative estimate of drug-likeness (QED) is 0.622. The Morgan fingerprint density at radius 2 is 2.19 bits per heavy atom. The summed E-state index contributed by atoms with van der Waals surface area (Å²) in [5, 5.41) is 9.67. The molecule has 0 aliphatic carbocycles. The van der Waals surface area contributed by atoms with Gasteiger partial charge in [-0.1, -0.05) is 6.08 Å². The molecule has 0 aliphatic heterocycles. The molecule has 16 heavy (non-hydrogen) atoms. The van der Waals surface area contributed by atoms with Crippen molar-refractivity contribution in [1.82, 2.24) is 0 Å². The van der Waals surface area contributed by atoms with Gasteiger partial charge < -0.3 is 14.6 Å². The van der Waals surface area contributed by atoms with Crippen LogP contribution in [0.1, 0.15) is 22.0 Å². The van der Waals surface area contributed by atoms with Crippen molar-refractivity contribution in [3.8, 4) is 5.75 Å². The number of esters is 1. The highest BCUT2D eigenvalue weighted by molar-refractivity contribution is 5.89. The molecule has 0 aliphatic rings. The average Bonchev–Trinajstić information content (AvgIpc) is 2.35. The first-order chi connectivity index (χ1) is 7.63. The van der Waals surface area contributed by atoms with Crippen LogP contribution in [0.25, 0.3) is 0 Å². The van der Waals surface area contributed by atoms with E-state index in [0.717, 1.165) is 0 Å². The lowest BCUT2D eigenvalue weighted by Gasteiger charge is -2.12. The van der Waals surface area contributed by atoms with Crippen molar-refractivity contribution in [2.45, 2.75) is 6.10 Å². The van der Waals surface area contributed by atoms with Crippen LogP contribution in [0.2, 0.25) is 0 Å². The molecule has 1 aromatic carbocycles. The topological polar surface area (TPSA) is 55.8 Å². The molecule has 1 rings (SSSR count). The van der Waals surface area contributed by atoms with Gasteiger partial charge in [0, 0.05) is 5.56 Å². The van der Waals surface area contributed by atoms with E-state index in [4.69, 9.17) is 4.74 Å². The second-order valence-electron chi connectivity index (χ2n) is 3.13. The molecule has 1 N–H and O–H groups in total. The first kappa shape index (κ1) is 12.3. The minimum atomic E-state index is -0.875. The zero-order chi connectivity index (χ0) is 12.1. The van der Waals surface area contributed by atoms with Crippen LogP contribution < -0.4 is 4.74 Å². The standard InChI is InChI=1S/C12H14O4/c1-4-10(13)9-7-8(12(14)16-3)5-6-11(9)15-2/h4-7,10,13H,1H2,2-3H3. The maximum atomic E-state index is 11.3. The Morgan fingerprint density at radius 3 is 2.69 bits per heavy atom. The van der Waals surface area contributed by atoms with Gasteiger partial charge in [-0.3, -0.25) is 0 Å². The van der Waals surface area contributed by atoms with Gasteiger partial charge in [0.15, 0.2) is 0 Å².